The Hall–Kier alpha value is -1.35. The van der Waals surface area contributed by atoms with Gasteiger partial charge in [-0.25, -0.2) is 4.79 Å². The van der Waals surface area contributed by atoms with Crippen molar-refractivity contribution >= 4 is 5.97 Å². The molecule has 0 unspecified atom stereocenters. The molecule has 3 heteroatoms. The molecule has 0 radical (unpaired) electrons. The first-order valence-electron chi connectivity index (χ1n) is 4.95. The summed E-state index contributed by atoms with van der Waals surface area (Å²) in [5.41, 5.74) is 1.67. The van der Waals surface area contributed by atoms with Gasteiger partial charge in [0.2, 0.25) is 0 Å². The predicted molar refractivity (Wildman–Crippen MR) is 57.7 cm³/mol. The van der Waals surface area contributed by atoms with E-state index in [2.05, 4.69) is 4.74 Å². The van der Waals surface area contributed by atoms with Crippen molar-refractivity contribution in [1.29, 1.82) is 0 Å². The number of ether oxygens (including phenoxy) is 1. The minimum absolute atomic E-state index is 0.179. The molecule has 0 aliphatic heterocycles. The number of carbonyl (C=O) groups is 1. The maximum Gasteiger partial charge on any atom is 0.337 e. The van der Waals surface area contributed by atoms with E-state index in [9.17, 15) is 4.79 Å². The van der Waals surface area contributed by atoms with Crippen molar-refractivity contribution in [3.05, 3.63) is 35.4 Å². The molecular weight excluding hydrogens is 192 g/mol. The van der Waals surface area contributed by atoms with Crippen LogP contribution >= 0.6 is 0 Å². The Kier molecular flexibility index (Phi) is 4.31. The fourth-order valence-electron chi connectivity index (χ4n) is 1.36. The lowest BCUT2D eigenvalue weighted by Gasteiger charge is -2.07. The van der Waals surface area contributed by atoms with Crippen molar-refractivity contribution in [1.82, 2.24) is 0 Å². The summed E-state index contributed by atoms with van der Waals surface area (Å²) >= 11 is 0. The van der Waals surface area contributed by atoms with Crippen LogP contribution in [0.5, 0.6) is 0 Å². The highest BCUT2D eigenvalue weighted by molar-refractivity contribution is 5.89. The normalized spacial score (nSPS) is 12.2. The first-order valence-corrected chi connectivity index (χ1v) is 4.95. The van der Waals surface area contributed by atoms with Gasteiger partial charge in [-0.1, -0.05) is 19.1 Å². The van der Waals surface area contributed by atoms with Crippen LogP contribution in [0.3, 0.4) is 0 Å². The minimum Gasteiger partial charge on any atom is -0.465 e. The molecule has 0 amide bonds. The second kappa shape index (κ2) is 5.51. The number of carbonyl (C=O) groups excluding carboxylic acids is 1. The summed E-state index contributed by atoms with van der Waals surface area (Å²) in [4.78, 5) is 11.1. The highest BCUT2D eigenvalue weighted by Crippen LogP contribution is 2.10. The van der Waals surface area contributed by atoms with Crippen LogP contribution in [0.4, 0.5) is 0 Å². The molecule has 1 aromatic rings. The first-order chi connectivity index (χ1) is 7.17. The van der Waals surface area contributed by atoms with Crippen LogP contribution in [-0.4, -0.2) is 24.8 Å². The van der Waals surface area contributed by atoms with E-state index in [0.717, 1.165) is 12.0 Å². The number of aliphatic hydroxyl groups is 1. The Balaban J connectivity index is 2.68. The molecule has 1 rings (SSSR count). The second-order valence-corrected chi connectivity index (χ2v) is 3.68. The molecule has 0 bridgehead atoms. The van der Waals surface area contributed by atoms with Crippen molar-refractivity contribution in [3.63, 3.8) is 0 Å². The van der Waals surface area contributed by atoms with Gasteiger partial charge in [0.05, 0.1) is 12.7 Å². The van der Waals surface area contributed by atoms with Gasteiger partial charge in [0.1, 0.15) is 0 Å². The standard InChI is InChI=1S/C12H16O3/c1-9(8-13)7-10-3-5-11(6-4-10)12(14)15-2/h3-6,9,13H,7-8H2,1-2H3/t9-/m0/s1. The Morgan fingerprint density at radius 1 is 1.40 bits per heavy atom. The van der Waals surface area contributed by atoms with Crippen molar-refractivity contribution in [3.8, 4) is 0 Å². The zero-order valence-corrected chi connectivity index (χ0v) is 9.06. The number of methoxy groups -OCH3 is 1. The predicted octanol–water partition coefficient (Wildman–Crippen LogP) is 1.64. The van der Waals surface area contributed by atoms with Crippen molar-refractivity contribution in [2.24, 2.45) is 5.92 Å². The molecule has 0 fully saturated rings. The molecule has 0 saturated heterocycles. The van der Waals surface area contributed by atoms with Crippen LogP contribution in [-0.2, 0) is 11.2 Å². The lowest BCUT2D eigenvalue weighted by atomic mass is 10.0. The van der Waals surface area contributed by atoms with Crippen LogP contribution in [0, 0.1) is 5.92 Å². The van der Waals surface area contributed by atoms with E-state index >= 15 is 0 Å². The summed E-state index contributed by atoms with van der Waals surface area (Å²) in [5.74, 6) is -0.0780. The number of benzene rings is 1. The average Bonchev–Trinajstić information content (AvgIpc) is 2.29. The van der Waals surface area contributed by atoms with Crippen LogP contribution in [0.15, 0.2) is 24.3 Å². The topological polar surface area (TPSA) is 46.5 Å². The molecule has 0 spiro atoms. The number of aliphatic hydroxyl groups excluding tert-OH is 1. The highest BCUT2D eigenvalue weighted by Gasteiger charge is 2.06. The molecule has 0 aliphatic carbocycles. The van der Waals surface area contributed by atoms with Gasteiger partial charge < -0.3 is 9.84 Å². The quantitative estimate of drug-likeness (QED) is 0.765. The van der Waals surface area contributed by atoms with Gasteiger partial charge in [-0.2, -0.15) is 0 Å². The molecule has 1 atom stereocenters. The van der Waals surface area contributed by atoms with Gasteiger partial charge in [0, 0.05) is 6.61 Å². The molecule has 0 saturated carbocycles. The summed E-state index contributed by atoms with van der Waals surface area (Å²) < 4.78 is 4.60. The molecule has 1 aromatic carbocycles. The van der Waals surface area contributed by atoms with Crippen molar-refractivity contribution < 1.29 is 14.6 Å². The Bertz CT molecular complexity index is 316. The van der Waals surface area contributed by atoms with Crippen LogP contribution < -0.4 is 0 Å². The number of hydrogen-bond acceptors (Lipinski definition) is 3. The van der Waals surface area contributed by atoms with Gasteiger partial charge >= 0.3 is 5.97 Å². The number of hydrogen-bond donors (Lipinski definition) is 1. The first kappa shape index (κ1) is 11.7. The lowest BCUT2D eigenvalue weighted by Crippen LogP contribution is -2.05. The molecule has 82 valence electrons. The van der Waals surface area contributed by atoms with Crippen LogP contribution in [0.25, 0.3) is 0 Å². The van der Waals surface area contributed by atoms with Crippen LogP contribution in [0.2, 0.25) is 0 Å². The van der Waals surface area contributed by atoms with Crippen molar-refractivity contribution in [2.45, 2.75) is 13.3 Å². The Morgan fingerprint density at radius 2 is 2.00 bits per heavy atom. The largest absolute Gasteiger partial charge is 0.465 e. The van der Waals surface area contributed by atoms with E-state index < -0.39 is 0 Å². The minimum atomic E-state index is -0.322. The number of rotatable bonds is 4. The maximum atomic E-state index is 11.1. The molecule has 1 N–H and O–H groups in total. The summed E-state index contributed by atoms with van der Waals surface area (Å²) in [6, 6.07) is 7.26. The molecule has 0 aromatic heterocycles. The van der Waals surface area contributed by atoms with Gasteiger partial charge in [0.25, 0.3) is 0 Å². The van der Waals surface area contributed by atoms with E-state index in [1.807, 2.05) is 19.1 Å². The van der Waals surface area contributed by atoms with Crippen LogP contribution in [0.1, 0.15) is 22.8 Å². The molecule has 3 nitrogen and oxygen atoms in total. The monoisotopic (exact) mass is 208 g/mol. The van der Waals surface area contributed by atoms with Gasteiger partial charge in [0.15, 0.2) is 0 Å². The van der Waals surface area contributed by atoms with E-state index in [-0.39, 0.29) is 18.5 Å². The third-order valence-electron chi connectivity index (χ3n) is 2.27. The van der Waals surface area contributed by atoms with Crippen molar-refractivity contribution in [2.75, 3.05) is 13.7 Å². The Labute approximate surface area is 89.7 Å². The highest BCUT2D eigenvalue weighted by atomic mass is 16.5. The third kappa shape index (κ3) is 3.36. The Morgan fingerprint density at radius 3 is 2.47 bits per heavy atom. The smallest absolute Gasteiger partial charge is 0.337 e. The fourth-order valence-corrected chi connectivity index (χ4v) is 1.36. The van der Waals surface area contributed by atoms with E-state index in [1.165, 1.54) is 7.11 Å². The molecule has 0 heterocycles. The van der Waals surface area contributed by atoms with Gasteiger partial charge in [-0.05, 0) is 30.0 Å². The summed E-state index contributed by atoms with van der Waals surface area (Å²) in [7, 11) is 1.37. The molecule has 0 aliphatic rings. The molecular formula is C12H16O3. The molecule has 15 heavy (non-hydrogen) atoms. The summed E-state index contributed by atoms with van der Waals surface area (Å²) in [5, 5.41) is 8.90. The summed E-state index contributed by atoms with van der Waals surface area (Å²) in [6.07, 6.45) is 0.817. The SMILES string of the molecule is COC(=O)c1ccc(C[C@H](C)CO)cc1. The van der Waals surface area contributed by atoms with E-state index in [4.69, 9.17) is 5.11 Å². The average molecular weight is 208 g/mol. The number of esters is 1. The zero-order valence-electron chi connectivity index (χ0n) is 9.06. The van der Waals surface area contributed by atoms with Gasteiger partial charge in [-0.3, -0.25) is 0 Å². The van der Waals surface area contributed by atoms with Gasteiger partial charge in [-0.15, -0.1) is 0 Å². The lowest BCUT2D eigenvalue weighted by molar-refractivity contribution is 0.0600. The van der Waals surface area contributed by atoms with E-state index in [1.54, 1.807) is 12.1 Å². The third-order valence-corrected chi connectivity index (χ3v) is 2.27. The van der Waals surface area contributed by atoms with E-state index in [0.29, 0.717) is 5.56 Å². The maximum absolute atomic E-state index is 11.1. The summed E-state index contributed by atoms with van der Waals surface area (Å²) in [6.45, 7) is 2.16. The zero-order chi connectivity index (χ0) is 11.3. The fraction of sp³-hybridized carbons (Fsp3) is 0.417. The second-order valence-electron chi connectivity index (χ2n) is 3.68.